The van der Waals surface area contributed by atoms with E-state index in [4.69, 9.17) is 0 Å². The van der Waals surface area contributed by atoms with Crippen molar-refractivity contribution in [1.82, 2.24) is 10.2 Å². The van der Waals surface area contributed by atoms with E-state index in [2.05, 4.69) is 31.0 Å². The second kappa shape index (κ2) is 4.36. The average molecular weight is 224 g/mol. The summed E-state index contributed by atoms with van der Waals surface area (Å²) in [7, 11) is 0. The van der Waals surface area contributed by atoms with Crippen LogP contribution in [0.3, 0.4) is 0 Å². The molecule has 3 heteroatoms. The Hall–Kier alpha value is -0.570. The van der Waals surface area contributed by atoms with Gasteiger partial charge in [-0.1, -0.05) is 27.2 Å². The highest BCUT2D eigenvalue weighted by atomic mass is 16.2. The van der Waals surface area contributed by atoms with Crippen LogP contribution in [0.5, 0.6) is 0 Å². The Balaban J connectivity index is 1.98. The minimum Gasteiger partial charge on any atom is -0.326 e. The normalized spacial score (nSPS) is 27.1. The number of hydrogen-bond acceptors (Lipinski definition) is 2. The molecule has 2 fully saturated rings. The molecule has 0 aromatic rings. The quantitative estimate of drug-likeness (QED) is 0.776. The van der Waals surface area contributed by atoms with Gasteiger partial charge >= 0.3 is 0 Å². The maximum atomic E-state index is 12.3. The monoisotopic (exact) mass is 224 g/mol. The summed E-state index contributed by atoms with van der Waals surface area (Å²) in [5.41, 5.74) is -0.128. The highest BCUT2D eigenvalue weighted by Gasteiger charge is 2.58. The van der Waals surface area contributed by atoms with E-state index in [0.717, 1.165) is 38.6 Å². The second-order valence-electron chi connectivity index (χ2n) is 5.71. The van der Waals surface area contributed by atoms with Crippen molar-refractivity contribution in [2.24, 2.45) is 5.92 Å². The Labute approximate surface area is 98.6 Å². The molecule has 0 aromatic carbocycles. The van der Waals surface area contributed by atoms with Crippen LogP contribution in [-0.2, 0) is 4.79 Å². The van der Waals surface area contributed by atoms with Gasteiger partial charge in [-0.25, -0.2) is 0 Å². The zero-order chi connectivity index (χ0) is 11.8. The molecule has 1 unspecified atom stereocenters. The van der Waals surface area contributed by atoms with Crippen molar-refractivity contribution in [2.75, 3.05) is 6.54 Å². The van der Waals surface area contributed by atoms with Crippen LogP contribution >= 0.6 is 0 Å². The van der Waals surface area contributed by atoms with Gasteiger partial charge in [0.15, 0.2) is 0 Å². The van der Waals surface area contributed by atoms with Gasteiger partial charge < -0.3 is 4.90 Å². The number of hydrogen-bond donors (Lipinski definition) is 1. The van der Waals surface area contributed by atoms with Gasteiger partial charge in [-0.05, 0) is 31.6 Å². The van der Waals surface area contributed by atoms with E-state index in [0.29, 0.717) is 18.0 Å². The first-order valence-electron chi connectivity index (χ1n) is 6.68. The van der Waals surface area contributed by atoms with Gasteiger partial charge in [0, 0.05) is 6.54 Å². The molecule has 0 aromatic heterocycles. The first-order valence-corrected chi connectivity index (χ1v) is 6.68. The zero-order valence-electron chi connectivity index (χ0n) is 10.8. The summed E-state index contributed by atoms with van der Waals surface area (Å²) in [6.45, 7) is 7.55. The van der Waals surface area contributed by atoms with Crippen molar-refractivity contribution in [2.45, 2.75) is 64.6 Å². The van der Waals surface area contributed by atoms with Crippen LogP contribution in [0.2, 0.25) is 0 Å². The fourth-order valence-corrected chi connectivity index (χ4v) is 2.51. The fraction of sp³-hybridized carbons (Fsp3) is 0.923. The molecule has 0 bridgehead atoms. The Kier molecular flexibility index (Phi) is 3.24. The molecule has 0 radical (unpaired) electrons. The van der Waals surface area contributed by atoms with Crippen molar-refractivity contribution in [3.63, 3.8) is 0 Å². The molecule has 1 amide bonds. The summed E-state index contributed by atoms with van der Waals surface area (Å²) in [5.74, 6) is 1.04. The van der Waals surface area contributed by atoms with E-state index in [1.165, 1.54) is 0 Å². The SMILES string of the molecule is CCCC1NC2(CC2)C(=O)N1CCC(C)C. The van der Waals surface area contributed by atoms with Crippen molar-refractivity contribution in [3.05, 3.63) is 0 Å². The van der Waals surface area contributed by atoms with Gasteiger partial charge in [0.25, 0.3) is 0 Å². The van der Waals surface area contributed by atoms with Crippen LogP contribution in [-0.4, -0.2) is 29.1 Å². The summed E-state index contributed by atoms with van der Waals surface area (Å²) >= 11 is 0. The third kappa shape index (κ3) is 2.10. The third-order valence-corrected chi connectivity index (χ3v) is 3.75. The Morgan fingerprint density at radius 1 is 1.50 bits per heavy atom. The molecular weight excluding hydrogens is 200 g/mol. The topological polar surface area (TPSA) is 32.3 Å². The molecule has 2 rings (SSSR count). The molecule has 1 saturated carbocycles. The predicted octanol–water partition coefficient (Wildman–Crippen LogP) is 2.12. The van der Waals surface area contributed by atoms with Crippen molar-refractivity contribution in [3.8, 4) is 0 Å². The number of nitrogens with one attached hydrogen (secondary N) is 1. The smallest absolute Gasteiger partial charge is 0.244 e. The molecule has 2 aliphatic rings. The van der Waals surface area contributed by atoms with Crippen LogP contribution < -0.4 is 5.32 Å². The lowest BCUT2D eigenvalue weighted by atomic mass is 10.1. The summed E-state index contributed by atoms with van der Waals surface area (Å²) < 4.78 is 0. The van der Waals surface area contributed by atoms with Crippen LogP contribution in [0.4, 0.5) is 0 Å². The van der Waals surface area contributed by atoms with Crippen molar-refractivity contribution in [1.29, 1.82) is 0 Å². The van der Waals surface area contributed by atoms with Crippen LogP contribution in [0.25, 0.3) is 0 Å². The summed E-state index contributed by atoms with van der Waals surface area (Å²) in [5, 5.41) is 3.54. The van der Waals surface area contributed by atoms with Crippen LogP contribution in [0, 0.1) is 5.92 Å². The van der Waals surface area contributed by atoms with E-state index >= 15 is 0 Å². The van der Waals surface area contributed by atoms with E-state index in [1.807, 2.05) is 0 Å². The minimum absolute atomic E-state index is 0.128. The standard InChI is InChI=1S/C13H24N2O/c1-4-5-11-14-13(7-8-13)12(16)15(11)9-6-10(2)3/h10-11,14H,4-9H2,1-3H3. The van der Waals surface area contributed by atoms with E-state index in [9.17, 15) is 4.79 Å². The lowest BCUT2D eigenvalue weighted by molar-refractivity contribution is -0.131. The predicted molar refractivity (Wildman–Crippen MR) is 65.0 cm³/mol. The van der Waals surface area contributed by atoms with Crippen molar-refractivity contribution >= 4 is 5.91 Å². The van der Waals surface area contributed by atoms with Crippen molar-refractivity contribution < 1.29 is 4.79 Å². The lowest BCUT2D eigenvalue weighted by Gasteiger charge is -2.24. The highest BCUT2D eigenvalue weighted by molar-refractivity contribution is 5.91. The molecule has 1 aliphatic carbocycles. The van der Waals surface area contributed by atoms with Crippen LogP contribution in [0.15, 0.2) is 0 Å². The summed E-state index contributed by atoms with van der Waals surface area (Å²) in [4.78, 5) is 14.3. The number of nitrogens with zero attached hydrogens (tertiary/aromatic N) is 1. The van der Waals surface area contributed by atoms with E-state index in [1.54, 1.807) is 0 Å². The summed E-state index contributed by atoms with van der Waals surface area (Å²) in [6.07, 6.45) is 5.74. The molecule has 92 valence electrons. The van der Waals surface area contributed by atoms with E-state index in [-0.39, 0.29) is 5.54 Å². The Morgan fingerprint density at radius 2 is 2.19 bits per heavy atom. The maximum absolute atomic E-state index is 12.3. The molecular formula is C13H24N2O. The molecule has 1 spiro atoms. The average Bonchev–Trinajstić information content (AvgIpc) is 2.93. The molecule has 16 heavy (non-hydrogen) atoms. The van der Waals surface area contributed by atoms with Gasteiger partial charge in [-0.15, -0.1) is 0 Å². The maximum Gasteiger partial charge on any atom is 0.244 e. The fourth-order valence-electron chi connectivity index (χ4n) is 2.51. The molecule has 1 aliphatic heterocycles. The van der Waals surface area contributed by atoms with E-state index < -0.39 is 0 Å². The largest absolute Gasteiger partial charge is 0.326 e. The highest BCUT2D eigenvalue weighted by Crippen LogP contribution is 2.42. The number of carbonyl (C=O) groups excluding carboxylic acids is 1. The van der Waals surface area contributed by atoms with Gasteiger partial charge in [0.1, 0.15) is 0 Å². The second-order valence-corrected chi connectivity index (χ2v) is 5.71. The van der Waals surface area contributed by atoms with Crippen LogP contribution in [0.1, 0.15) is 52.9 Å². The first-order chi connectivity index (χ1) is 7.59. The molecule has 1 atom stereocenters. The zero-order valence-corrected chi connectivity index (χ0v) is 10.8. The molecule has 3 nitrogen and oxygen atoms in total. The molecule has 1 heterocycles. The number of rotatable bonds is 5. The molecule has 1 saturated heterocycles. The Bertz CT molecular complexity index is 271. The van der Waals surface area contributed by atoms with Gasteiger partial charge in [0.2, 0.25) is 5.91 Å². The van der Waals surface area contributed by atoms with Gasteiger partial charge in [-0.3, -0.25) is 10.1 Å². The number of carbonyl (C=O) groups is 1. The lowest BCUT2D eigenvalue weighted by Crippen LogP contribution is -2.38. The number of amides is 1. The van der Waals surface area contributed by atoms with Gasteiger partial charge in [0.05, 0.1) is 11.7 Å². The molecule has 1 N–H and O–H groups in total. The third-order valence-electron chi connectivity index (χ3n) is 3.75. The van der Waals surface area contributed by atoms with Gasteiger partial charge in [-0.2, -0.15) is 0 Å². The summed E-state index contributed by atoms with van der Waals surface area (Å²) in [6, 6.07) is 0. The Morgan fingerprint density at radius 3 is 2.69 bits per heavy atom. The minimum atomic E-state index is -0.128. The first kappa shape index (κ1) is 11.9.